The van der Waals surface area contributed by atoms with E-state index in [1.165, 1.54) is 12.8 Å². The summed E-state index contributed by atoms with van der Waals surface area (Å²) in [5.74, 6) is -0.211. The van der Waals surface area contributed by atoms with E-state index in [9.17, 15) is 9.59 Å². The van der Waals surface area contributed by atoms with Gasteiger partial charge in [-0.2, -0.15) is 0 Å². The minimum absolute atomic E-state index is 0.0359. The molecule has 0 aromatic rings. The number of hydrogen-bond donors (Lipinski definition) is 2. The van der Waals surface area contributed by atoms with Crippen molar-refractivity contribution >= 4 is 11.8 Å². The normalized spacial score (nSPS) is 17.8. The van der Waals surface area contributed by atoms with Crippen LogP contribution in [0.2, 0.25) is 0 Å². The maximum Gasteiger partial charge on any atom is 0.241 e. The average molecular weight is 255 g/mol. The number of carbonyl (C=O) groups excluding carboxylic acids is 2. The topological polar surface area (TPSA) is 75.4 Å². The van der Waals surface area contributed by atoms with Crippen LogP contribution >= 0.6 is 0 Å². The van der Waals surface area contributed by atoms with Gasteiger partial charge in [0.05, 0.1) is 12.6 Å². The van der Waals surface area contributed by atoms with Crippen molar-refractivity contribution in [2.75, 3.05) is 13.6 Å². The first-order chi connectivity index (χ1) is 8.43. The zero-order valence-corrected chi connectivity index (χ0v) is 11.6. The number of hydrogen-bond acceptors (Lipinski definition) is 3. The Labute approximate surface area is 109 Å². The summed E-state index contributed by atoms with van der Waals surface area (Å²) >= 11 is 0. The van der Waals surface area contributed by atoms with Crippen LogP contribution in [0.5, 0.6) is 0 Å². The van der Waals surface area contributed by atoms with Gasteiger partial charge < -0.3 is 16.0 Å². The summed E-state index contributed by atoms with van der Waals surface area (Å²) in [6, 6.07) is -0.206. The molecular formula is C13H25N3O2. The Bertz CT molecular complexity index is 299. The Morgan fingerprint density at radius 3 is 2.39 bits per heavy atom. The van der Waals surface area contributed by atoms with Gasteiger partial charge in [-0.25, -0.2) is 0 Å². The molecule has 0 aromatic carbocycles. The van der Waals surface area contributed by atoms with Crippen LogP contribution in [0.4, 0.5) is 0 Å². The van der Waals surface area contributed by atoms with Crippen LogP contribution < -0.4 is 11.1 Å². The molecule has 18 heavy (non-hydrogen) atoms. The lowest BCUT2D eigenvalue weighted by Crippen LogP contribution is -2.48. The van der Waals surface area contributed by atoms with Crippen molar-refractivity contribution < 1.29 is 9.59 Å². The Kier molecular flexibility index (Phi) is 5.59. The van der Waals surface area contributed by atoms with Crippen LogP contribution in [0, 0.1) is 5.92 Å². The summed E-state index contributed by atoms with van der Waals surface area (Å²) in [4.78, 5) is 25.3. The summed E-state index contributed by atoms with van der Waals surface area (Å²) < 4.78 is 0. The minimum Gasteiger partial charge on any atom is -0.346 e. The lowest BCUT2D eigenvalue weighted by atomic mass is 10.1. The van der Waals surface area contributed by atoms with Crippen molar-refractivity contribution in [3.05, 3.63) is 0 Å². The quantitative estimate of drug-likeness (QED) is 0.750. The molecule has 0 unspecified atom stereocenters. The van der Waals surface area contributed by atoms with Crippen LogP contribution in [-0.2, 0) is 9.59 Å². The van der Waals surface area contributed by atoms with Crippen LogP contribution in [0.15, 0.2) is 0 Å². The second-order valence-electron chi connectivity index (χ2n) is 5.43. The summed E-state index contributed by atoms with van der Waals surface area (Å²) in [6.45, 7) is 3.82. The van der Waals surface area contributed by atoms with E-state index < -0.39 is 6.04 Å². The van der Waals surface area contributed by atoms with E-state index in [2.05, 4.69) is 5.32 Å². The SMILES string of the molecule is CC(C)[C@H](N)C(=O)NCC(=O)N(C)C1CCCC1. The third-order valence-electron chi connectivity index (χ3n) is 3.70. The van der Waals surface area contributed by atoms with E-state index in [1.54, 1.807) is 4.90 Å². The lowest BCUT2D eigenvalue weighted by molar-refractivity contribution is -0.133. The molecule has 1 fully saturated rings. The molecule has 0 aromatic heterocycles. The molecule has 1 atom stereocenters. The molecule has 0 aliphatic heterocycles. The molecule has 0 saturated heterocycles. The van der Waals surface area contributed by atoms with Gasteiger partial charge in [0.25, 0.3) is 0 Å². The van der Waals surface area contributed by atoms with Crippen molar-refractivity contribution in [1.82, 2.24) is 10.2 Å². The summed E-state index contributed by atoms with van der Waals surface area (Å²) in [7, 11) is 1.81. The van der Waals surface area contributed by atoms with E-state index in [-0.39, 0.29) is 24.3 Å². The van der Waals surface area contributed by atoms with E-state index in [0.29, 0.717) is 6.04 Å². The number of amides is 2. The number of nitrogens with zero attached hydrogens (tertiary/aromatic N) is 1. The van der Waals surface area contributed by atoms with Gasteiger partial charge in [-0.15, -0.1) is 0 Å². The van der Waals surface area contributed by atoms with Gasteiger partial charge >= 0.3 is 0 Å². The second kappa shape index (κ2) is 6.73. The highest BCUT2D eigenvalue weighted by Crippen LogP contribution is 2.22. The molecule has 1 saturated carbocycles. The molecule has 0 spiro atoms. The predicted octanol–water partition coefficient (Wildman–Crippen LogP) is 0.487. The molecule has 1 rings (SSSR count). The Morgan fingerprint density at radius 1 is 1.33 bits per heavy atom. The second-order valence-corrected chi connectivity index (χ2v) is 5.43. The van der Waals surface area contributed by atoms with E-state index >= 15 is 0 Å². The van der Waals surface area contributed by atoms with Crippen molar-refractivity contribution in [2.45, 2.75) is 51.6 Å². The molecule has 5 heteroatoms. The zero-order chi connectivity index (χ0) is 13.7. The third kappa shape index (κ3) is 3.98. The molecule has 0 heterocycles. The first kappa shape index (κ1) is 15.0. The van der Waals surface area contributed by atoms with Crippen molar-refractivity contribution in [2.24, 2.45) is 11.7 Å². The molecule has 0 radical (unpaired) electrons. The Hall–Kier alpha value is -1.10. The van der Waals surface area contributed by atoms with Crippen molar-refractivity contribution in [3.8, 4) is 0 Å². The number of likely N-dealkylation sites (N-methyl/N-ethyl adjacent to an activating group) is 1. The highest BCUT2D eigenvalue weighted by molar-refractivity contribution is 5.87. The number of nitrogens with two attached hydrogens (primary N) is 1. The average Bonchev–Trinajstić information content (AvgIpc) is 2.87. The third-order valence-corrected chi connectivity index (χ3v) is 3.70. The predicted molar refractivity (Wildman–Crippen MR) is 70.8 cm³/mol. The summed E-state index contributed by atoms with van der Waals surface area (Å²) in [5, 5.41) is 2.61. The van der Waals surface area contributed by atoms with Gasteiger partial charge in [-0.3, -0.25) is 9.59 Å². The first-order valence-electron chi connectivity index (χ1n) is 6.72. The molecule has 1 aliphatic rings. The van der Waals surface area contributed by atoms with Crippen LogP contribution in [0.3, 0.4) is 0 Å². The first-order valence-corrected chi connectivity index (χ1v) is 6.72. The fourth-order valence-electron chi connectivity index (χ4n) is 2.20. The Morgan fingerprint density at radius 2 is 1.89 bits per heavy atom. The smallest absolute Gasteiger partial charge is 0.241 e. The number of nitrogens with one attached hydrogen (secondary N) is 1. The molecular weight excluding hydrogens is 230 g/mol. The van der Waals surface area contributed by atoms with Gasteiger partial charge in [0.1, 0.15) is 0 Å². The molecule has 3 N–H and O–H groups in total. The van der Waals surface area contributed by atoms with E-state index in [0.717, 1.165) is 12.8 Å². The highest BCUT2D eigenvalue weighted by atomic mass is 16.2. The summed E-state index contributed by atoms with van der Waals surface area (Å²) in [6.07, 6.45) is 4.52. The van der Waals surface area contributed by atoms with Crippen molar-refractivity contribution in [3.63, 3.8) is 0 Å². The molecule has 1 aliphatic carbocycles. The van der Waals surface area contributed by atoms with Gasteiger partial charge in [-0.1, -0.05) is 26.7 Å². The summed E-state index contributed by atoms with van der Waals surface area (Å²) in [5.41, 5.74) is 5.71. The fourth-order valence-corrected chi connectivity index (χ4v) is 2.20. The maximum absolute atomic E-state index is 11.9. The van der Waals surface area contributed by atoms with Crippen LogP contribution in [0.25, 0.3) is 0 Å². The molecule has 0 bridgehead atoms. The molecule has 2 amide bonds. The molecule has 104 valence electrons. The van der Waals surface area contributed by atoms with E-state index in [4.69, 9.17) is 5.73 Å². The minimum atomic E-state index is -0.547. The number of rotatable bonds is 5. The Balaban J connectivity index is 2.34. The molecule has 5 nitrogen and oxygen atoms in total. The van der Waals surface area contributed by atoms with Gasteiger partial charge in [0.2, 0.25) is 11.8 Å². The zero-order valence-electron chi connectivity index (χ0n) is 11.6. The standard InChI is InChI=1S/C13H25N3O2/c1-9(2)12(14)13(18)15-8-11(17)16(3)10-6-4-5-7-10/h9-10,12H,4-8,14H2,1-3H3,(H,15,18)/t12-/m0/s1. The van der Waals surface area contributed by atoms with Gasteiger partial charge in [-0.05, 0) is 18.8 Å². The maximum atomic E-state index is 11.9. The lowest BCUT2D eigenvalue weighted by Gasteiger charge is -2.25. The monoisotopic (exact) mass is 255 g/mol. The fraction of sp³-hybridized carbons (Fsp3) is 0.846. The van der Waals surface area contributed by atoms with Crippen LogP contribution in [-0.4, -0.2) is 42.4 Å². The number of carbonyl (C=O) groups is 2. The van der Waals surface area contributed by atoms with Gasteiger partial charge in [0, 0.05) is 13.1 Å². The highest BCUT2D eigenvalue weighted by Gasteiger charge is 2.24. The van der Waals surface area contributed by atoms with Gasteiger partial charge in [0.15, 0.2) is 0 Å². The largest absolute Gasteiger partial charge is 0.346 e. The van der Waals surface area contributed by atoms with Crippen molar-refractivity contribution in [1.29, 1.82) is 0 Å². The van der Waals surface area contributed by atoms with Crippen LogP contribution in [0.1, 0.15) is 39.5 Å². The van der Waals surface area contributed by atoms with E-state index in [1.807, 2.05) is 20.9 Å².